The highest BCUT2D eigenvalue weighted by Crippen LogP contribution is 2.59. The summed E-state index contributed by atoms with van der Waals surface area (Å²) in [5, 5.41) is 5.20. The Kier molecular flexibility index (Phi) is 4.37. The molecule has 1 spiro atoms. The smallest absolute Gasteiger partial charge is 0.276 e. The van der Waals surface area contributed by atoms with Crippen LogP contribution in [0.4, 0.5) is 0 Å². The van der Waals surface area contributed by atoms with Crippen molar-refractivity contribution in [1.29, 1.82) is 0 Å². The molecule has 8 heteroatoms. The van der Waals surface area contributed by atoms with Gasteiger partial charge in [0, 0.05) is 25.2 Å². The second-order valence-electron chi connectivity index (χ2n) is 7.59. The van der Waals surface area contributed by atoms with Gasteiger partial charge in [-0.1, -0.05) is 6.07 Å². The number of ether oxygens (including phenoxy) is 2. The molecular weight excluding hydrogens is 342 g/mol. The predicted molar refractivity (Wildman–Crippen MR) is 92.4 cm³/mol. The van der Waals surface area contributed by atoms with E-state index >= 15 is 0 Å². The maximum absolute atomic E-state index is 11.4. The van der Waals surface area contributed by atoms with E-state index in [1.54, 1.807) is 0 Å². The highest BCUT2D eigenvalue weighted by Gasteiger charge is 2.55. The maximum atomic E-state index is 11.4. The summed E-state index contributed by atoms with van der Waals surface area (Å²) in [6, 6.07) is 5.61. The normalized spacial score (nSPS) is 25.7. The number of nitrogens with two attached hydrogens (primary N) is 1. The molecule has 0 radical (unpaired) electrons. The zero-order valence-electron chi connectivity index (χ0n) is 14.3. The molecule has 2 N–H and O–H groups in total. The summed E-state index contributed by atoms with van der Waals surface area (Å²) in [6.45, 7) is 2.38. The highest BCUT2D eigenvalue weighted by atomic mass is 32.2. The molecule has 0 bridgehead atoms. The fourth-order valence-electron chi connectivity index (χ4n) is 3.70. The third kappa shape index (κ3) is 4.07. The second-order valence-corrected chi connectivity index (χ2v) is 9.13. The van der Waals surface area contributed by atoms with Gasteiger partial charge in [0.15, 0.2) is 0 Å². The van der Waals surface area contributed by atoms with Crippen molar-refractivity contribution in [3.8, 4) is 11.8 Å². The molecule has 3 aliphatic rings. The Labute approximate surface area is 148 Å². The second kappa shape index (κ2) is 6.41. The number of hydrogen-bond acceptors (Lipinski definition) is 5. The molecule has 0 unspecified atom stereocenters. The van der Waals surface area contributed by atoms with Crippen molar-refractivity contribution in [3.63, 3.8) is 0 Å². The largest absolute Gasteiger partial charge is 0.477 e. The van der Waals surface area contributed by atoms with Gasteiger partial charge in [-0.25, -0.2) is 5.14 Å². The lowest BCUT2D eigenvalue weighted by molar-refractivity contribution is 0.203. The standard InChI is InChI=1S/C17H25N3O4S/c18-25(21,22)20-8-6-17(7-9-20)10-14(17)12-24-16-3-1-2-15(19-16)23-11-13-4-5-13/h1-3,13-14H,4-12H2,(H2,18,21,22)/t14-/m0/s1. The minimum absolute atomic E-state index is 0.223. The number of aromatic nitrogens is 1. The average Bonchev–Trinajstić information content (AvgIpc) is 3.49. The van der Waals surface area contributed by atoms with E-state index < -0.39 is 10.2 Å². The van der Waals surface area contributed by atoms with Crippen molar-refractivity contribution >= 4 is 10.2 Å². The van der Waals surface area contributed by atoms with Crippen LogP contribution in [0.15, 0.2) is 18.2 Å². The Bertz CT molecular complexity index is 727. The van der Waals surface area contributed by atoms with Crippen LogP contribution in [0.5, 0.6) is 11.8 Å². The van der Waals surface area contributed by atoms with Gasteiger partial charge in [0.25, 0.3) is 10.2 Å². The first-order valence-electron chi connectivity index (χ1n) is 8.95. The predicted octanol–water partition coefficient (Wildman–Crippen LogP) is 1.55. The highest BCUT2D eigenvalue weighted by molar-refractivity contribution is 7.86. The van der Waals surface area contributed by atoms with Gasteiger partial charge in [0.2, 0.25) is 11.8 Å². The lowest BCUT2D eigenvalue weighted by Gasteiger charge is -2.30. The molecule has 4 rings (SSSR count). The van der Waals surface area contributed by atoms with Gasteiger partial charge in [-0.05, 0) is 49.4 Å². The van der Waals surface area contributed by atoms with Gasteiger partial charge in [-0.15, -0.1) is 0 Å². The summed E-state index contributed by atoms with van der Waals surface area (Å²) < 4.78 is 35.7. The first-order chi connectivity index (χ1) is 11.9. The summed E-state index contributed by atoms with van der Waals surface area (Å²) in [6.07, 6.45) is 5.31. The van der Waals surface area contributed by atoms with Gasteiger partial charge in [-0.2, -0.15) is 17.7 Å². The van der Waals surface area contributed by atoms with Crippen LogP contribution in [0, 0.1) is 17.3 Å². The topological polar surface area (TPSA) is 94.8 Å². The minimum Gasteiger partial charge on any atom is -0.477 e. The molecule has 138 valence electrons. The van der Waals surface area contributed by atoms with Gasteiger partial charge >= 0.3 is 0 Å². The zero-order valence-corrected chi connectivity index (χ0v) is 15.1. The average molecular weight is 367 g/mol. The molecule has 3 fully saturated rings. The van der Waals surface area contributed by atoms with Gasteiger partial charge in [0.1, 0.15) is 0 Å². The quantitative estimate of drug-likeness (QED) is 0.789. The van der Waals surface area contributed by atoms with E-state index in [1.165, 1.54) is 17.1 Å². The van der Waals surface area contributed by atoms with Crippen LogP contribution in [0.25, 0.3) is 0 Å². The fourth-order valence-corrected chi connectivity index (χ4v) is 4.39. The van der Waals surface area contributed by atoms with Crippen molar-refractivity contribution in [2.24, 2.45) is 22.4 Å². The van der Waals surface area contributed by atoms with Gasteiger partial charge < -0.3 is 9.47 Å². The van der Waals surface area contributed by atoms with Crippen molar-refractivity contribution in [1.82, 2.24) is 9.29 Å². The van der Waals surface area contributed by atoms with Crippen LogP contribution in [0.1, 0.15) is 32.1 Å². The molecule has 1 atom stereocenters. The summed E-state index contributed by atoms with van der Waals surface area (Å²) in [5.74, 6) is 2.38. The van der Waals surface area contributed by atoms with E-state index in [1.807, 2.05) is 18.2 Å². The van der Waals surface area contributed by atoms with Crippen molar-refractivity contribution in [2.75, 3.05) is 26.3 Å². The van der Waals surface area contributed by atoms with Crippen LogP contribution in [-0.2, 0) is 10.2 Å². The Morgan fingerprint density at radius 1 is 1.16 bits per heavy atom. The lowest BCUT2D eigenvalue weighted by Crippen LogP contribution is -2.43. The molecule has 1 saturated heterocycles. The number of rotatable bonds is 7. The summed E-state index contributed by atoms with van der Waals surface area (Å²) in [7, 11) is -3.55. The monoisotopic (exact) mass is 367 g/mol. The molecular formula is C17H25N3O4S. The third-order valence-electron chi connectivity index (χ3n) is 5.73. The van der Waals surface area contributed by atoms with Gasteiger partial charge in [0.05, 0.1) is 13.2 Å². The van der Waals surface area contributed by atoms with Gasteiger partial charge in [-0.3, -0.25) is 0 Å². The molecule has 1 aliphatic heterocycles. The van der Waals surface area contributed by atoms with Crippen LogP contribution >= 0.6 is 0 Å². The number of nitrogens with zero attached hydrogens (tertiary/aromatic N) is 2. The van der Waals surface area contributed by atoms with E-state index in [2.05, 4.69) is 4.98 Å². The summed E-state index contributed by atoms with van der Waals surface area (Å²) in [5.41, 5.74) is 0.223. The summed E-state index contributed by atoms with van der Waals surface area (Å²) >= 11 is 0. The molecule has 0 aromatic carbocycles. The van der Waals surface area contributed by atoms with E-state index in [9.17, 15) is 8.42 Å². The number of pyridine rings is 1. The Morgan fingerprint density at radius 2 is 1.80 bits per heavy atom. The van der Waals surface area contributed by atoms with Crippen LogP contribution in [0.3, 0.4) is 0 Å². The minimum atomic E-state index is -3.55. The third-order valence-corrected chi connectivity index (χ3v) is 6.82. The van der Waals surface area contributed by atoms with Crippen molar-refractivity contribution < 1.29 is 17.9 Å². The summed E-state index contributed by atoms with van der Waals surface area (Å²) in [4.78, 5) is 4.40. The molecule has 0 amide bonds. The van der Waals surface area contributed by atoms with Crippen LogP contribution < -0.4 is 14.6 Å². The van der Waals surface area contributed by atoms with Crippen molar-refractivity contribution in [3.05, 3.63) is 18.2 Å². The number of piperidine rings is 1. The maximum Gasteiger partial charge on any atom is 0.276 e. The molecule has 2 saturated carbocycles. The Hall–Kier alpha value is -1.38. The first kappa shape index (κ1) is 17.1. The molecule has 7 nitrogen and oxygen atoms in total. The molecule has 1 aromatic rings. The Balaban J connectivity index is 1.25. The SMILES string of the molecule is NS(=O)(=O)N1CCC2(CC1)C[C@H]2COc1cccc(OCC2CC2)n1. The van der Waals surface area contributed by atoms with Crippen molar-refractivity contribution in [2.45, 2.75) is 32.1 Å². The fraction of sp³-hybridized carbons (Fsp3) is 0.706. The van der Waals surface area contributed by atoms with E-state index in [0.717, 1.165) is 25.9 Å². The van der Waals surface area contributed by atoms with E-state index in [-0.39, 0.29) is 5.41 Å². The molecule has 2 heterocycles. The van der Waals surface area contributed by atoms with Crippen LogP contribution in [-0.4, -0.2) is 44.0 Å². The van der Waals surface area contributed by atoms with E-state index in [0.29, 0.717) is 43.3 Å². The first-order valence-corrected chi connectivity index (χ1v) is 10.5. The zero-order chi connectivity index (χ0) is 17.5. The lowest BCUT2D eigenvalue weighted by atomic mass is 9.92. The molecule has 2 aliphatic carbocycles. The number of hydrogen-bond donors (Lipinski definition) is 1. The Morgan fingerprint density at radius 3 is 2.40 bits per heavy atom. The molecule has 25 heavy (non-hydrogen) atoms. The van der Waals surface area contributed by atoms with E-state index in [4.69, 9.17) is 14.6 Å². The molecule has 1 aromatic heterocycles. The van der Waals surface area contributed by atoms with Crippen LogP contribution in [0.2, 0.25) is 0 Å².